The van der Waals surface area contributed by atoms with Crippen molar-refractivity contribution in [2.75, 3.05) is 18.5 Å². The molecule has 5 N–H and O–H groups in total. The largest absolute Gasteiger partial charge is 0.399 e. The molecule has 0 saturated heterocycles. The lowest BCUT2D eigenvalue weighted by Crippen LogP contribution is -2.13. The van der Waals surface area contributed by atoms with Gasteiger partial charge in [-0.25, -0.2) is 4.98 Å². The predicted octanol–water partition coefficient (Wildman–Crippen LogP) is 2.89. The lowest BCUT2D eigenvalue weighted by Gasteiger charge is -2.04. The molecule has 6 heteroatoms. The zero-order valence-corrected chi connectivity index (χ0v) is 13.4. The Kier molecular flexibility index (Phi) is 3.99. The summed E-state index contributed by atoms with van der Waals surface area (Å²) >= 11 is 1.58. The fourth-order valence-corrected chi connectivity index (χ4v) is 3.41. The number of hydrogen-bond donors (Lipinski definition) is 3. The Morgan fingerprint density at radius 2 is 2.00 bits per heavy atom. The average molecular weight is 324 g/mol. The molecule has 0 bridgehead atoms. The number of aromatic nitrogens is 1. The number of nitrogens with one attached hydrogen (secondary N) is 1. The van der Waals surface area contributed by atoms with Gasteiger partial charge in [-0.15, -0.1) is 11.3 Å². The van der Waals surface area contributed by atoms with Gasteiger partial charge in [0.2, 0.25) is 5.91 Å². The number of nitrogens with two attached hydrogens (primary N) is 2. The Balaban J connectivity index is 2.14. The van der Waals surface area contributed by atoms with E-state index < -0.39 is 0 Å². The molecule has 2 aromatic heterocycles. The summed E-state index contributed by atoms with van der Waals surface area (Å²) in [5.41, 5.74) is 15.5. The molecule has 2 heterocycles. The van der Waals surface area contributed by atoms with Crippen LogP contribution in [0.1, 0.15) is 5.56 Å². The minimum absolute atomic E-state index is 0.162. The maximum Gasteiger partial charge on any atom is 0.243 e. The molecule has 0 radical (unpaired) electrons. The summed E-state index contributed by atoms with van der Waals surface area (Å²) in [6, 6.07) is 7.64. The van der Waals surface area contributed by atoms with Gasteiger partial charge < -0.3 is 16.8 Å². The first kappa shape index (κ1) is 15.1. The molecule has 0 spiro atoms. The second-order valence-corrected chi connectivity index (χ2v) is 5.90. The van der Waals surface area contributed by atoms with E-state index >= 15 is 0 Å². The van der Waals surface area contributed by atoms with Crippen molar-refractivity contribution in [2.24, 2.45) is 0 Å². The van der Waals surface area contributed by atoms with E-state index in [1.54, 1.807) is 30.7 Å². The molecule has 0 aliphatic rings. The van der Waals surface area contributed by atoms with E-state index in [-0.39, 0.29) is 5.91 Å². The van der Waals surface area contributed by atoms with Crippen LogP contribution in [-0.4, -0.2) is 17.9 Å². The molecule has 0 aliphatic carbocycles. The van der Waals surface area contributed by atoms with Crippen molar-refractivity contribution in [3.63, 3.8) is 0 Å². The third kappa shape index (κ3) is 2.89. The topological polar surface area (TPSA) is 94.0 Å². The van der Waals surface area contributed by atoms with E-state index in [0.717, 1.165) is 26.8 Å². The summed E-state index contributed by atoms with van der Waals surface area (Å²) in [5.74, 6) is 0.315. The second-order valence-electron chi connectivity index (χ2n) is 5.02. The Morgan fingerprint density at radius 3 is 2.70 bits per heavy atom. The van der Waals surface area contributed by atoms with Gasteiger partial charge in [-0.05, 0) is 29.2 Å². The summed E-state index contributed by atoms with van der Waals surface area (Å²) < 4.78 is 1.00. The number of nitrogens with zero attached hydrogens (tertiary/aromatic N) is 1. The predicted molar refractivity (Wildman–Crippen MR) is 97.0 cm³/mol. The Bertz CT molecular complexity index is 897. The molecular formula is C17H16N4OS. The van der Waals surface area contributed by atoms with Gasteiger partial charge >= 0.3 is 0 Å². The third-order valence-corrected chi connectivity index (χ3v) is 4.56. The first-order valence-corrected chi connectivity index (χ1v) is 7.89. The molecule has 1 aromatic carbocycles. The van der Waals surface area contributed by atoms with Gasteiger partial charge in [0.05, 0.1) is 0 Å². The first-order valence-electron chi connectivity index (χ1n) is 7.01. The SMILES string of the molecule is CNC(=O)/C=C/c1cnc(N)c2c(-c3ccc(N)cc3)csc12. The van der Waals surface area contributed by atoms with Crippen LogP contribution < -0.4 is 16.8 Å². The van der Waals surface area contributed by atoms with Crippen LogP contribution >= 0.6 is 11.3 Å². The number of likely N-dealkylation sites (N-methyl/N-ethyl adjacent to an activating group) is 1. The number of nitrogen functional groups attached to an aromatic ring is 2. The van der Waals surface area contributed by atoms with E-state index in [1.165, 1.54) is 6.08 Å². The first-order chi connectivity index (χ1) is 11.1. The smallest absolute Gasteiger partial charge is 0.243 e. The summed E-state index contributed by atoms with van der Waals surface area (Å²) in [4.78, 5) is 15.7. The maximum atomic E-state index is 11.4. The van der Waals surface area contributed by atoms with Crippen LogP contribution in [0.2, 0.25) is 0 Å². The quantitative estimate of drug-likeness (QED) is 0.510. The van der Waals surface area contributed by atoms with Crippen molar-refractivity contribution in [2.45, 2.75) is 0 Å². The van der Waals surface area contributed by atoms with Gasteiger partial charge in [0, 0.05) is 46.2 Å². The molecule has 0 unspecified atom stereocenters. The second kappa shape index (κ2) is 6.10. The van der Waals surface area contributed by atoms with Gasteiger partial charge in [-0.3, -0.25) is 4.79 Å². The molecule has 3 aromatic rings. The fourth-order valence-electron chi connectivity index (χ4n) is 2.33. The van der Waals surface area contributed by atoms with Gasteiger partial charge in [0.25, 0.3) is 0 Å². The Hall–Kier alpha value is -2.86. The van der Waals surface area contributed by atoms with Crippen molar-refractivity contribution in [3.8, 4) is 11.1 Å². The van der Waals surface area contributed by atoms with Crippen LogP contribution in [0.25, 0.3) is 27.3 Å². The van der Waals surface area contributed by atoms with Gasteiger partial charge in [0.15, 0.2) is 0 Å². The van der Waals surface area contributed by atoms with Crippen molar-refractivity contribution >= 4 is 44.9 Å². The number of rotatable bonds is 3. The lowest BCUT2D eigenvalue weighted by molar-refractivity contribution is -0.115. The Labute approximate surface area is 137 Å². The monoisotopic (exact) mass is 324 g/mol. The lowest BCUT2D eigenvalue weighted by atomic mass is 10.0. The highest BCUT2D eigenvalue weighted by atomic mass is 32.1. The summed E-state index contributed by atoms with van der Waals surface area (Å²) in [6.45, 7) is 0. The molecule has 3 rings (SSSR count). The molecule has 0 aliphatic heterocycles. The number of hydrogen-bond acceptors (Lipinski definition) is 5. The number of pyridine rings is 1. The van der Waals surface area contributed by atoms with Gasteiger partial charge in [-0.1, -0.05) is 12.1 Å². The van der Waals surface area contributed by atoms with E-state index in [9.17, 15) is 4.79 Å². The normalized spacial score (nSPS) is 11.2. The Morgan fingerprint density at radius 1 is 1.26 bits per heavy atom. The van der Waals surface area contributed by atoms with E-state index in [1.807, 2.05) is 29.6 Å². The van der Waals surface area contributed by atoms with Crippen molar-refractivity contribution < 1.29 is 4.79 Å². The zero-order chi connectivity index (χ0) is 16.4. The molecule has 23 heavy (non-hydrogen) atoms. The minimum atomic E-state index is -0.162. The van der Waals surface area contributed by atoms with Crippen molar-refractivity contribution in [1.29, 1.82) is 0 Å². The highest BCUT2D eigenvalue weighted by molar-refractivity contribution is 7.18. The number of amides is 1. The molecule has 0 atom stereocenters. The van der Waals surface area contributed by atoms with Gasteiger partial charge in [0.1, 0.15) is 5.82 Å². The van der Waals surface area contributed by atoms with Crippen LogP contribution in [0.3, 0.4) is 0 Å². The van der Waals surface area contributed by atoms with E-state index in [4.69, 9.17) is 11.5 Å². The minimum Gasteiger partial charge on any atom is -0.399 e. The molecule has 0 fully saturated rings. The van der Waals surface area contributed by atoms with Crippen LogP contribution in [-0.2, 0) is 4.79 Å². The number of carbonyl (C=O) groups is 1. The highest BCUT2D eigenvalue weighted by Gasteiger charge is 2.13. The third-order valence-electron chi connectivity index (χ3n) is 3.53. The van der Waals surface area contributed by atoms with Crippen LogP contribution in [0, 0.1) is 0 Å². The van der Waals surface area contributed by atoms with Gasteiger partial charge in [-0.2, -0.15) is 0 Å². The highest BCUT2D eigenvalue weighted by Crippen LogP contribution is 2.38. The van der Waals surface area contributed by atoms with Crippen molar-refractivity contribution in [1.82, 2.24) is 10.3 Å². The van der Waals surface area contributed by atoms with E-state index in [0.29, 0.717) is 11.5 Å². The fraction of sp³-hybridized carbons (Fsp3) is 0.0588. The van der Waals surface area contributed by atoms with Crippen LogP contribution in [0.4, 0.5) is 11.5 Å². The molecule has 116 valence electrons. The van der Waals surface area contributed by atoms with Crippen LogP contribution in [0.15, 0.2) is 41.9 Å². The van der Waals surface area contributed by atoms with E-state index in [2.05, 4.69) is 10.3 Å². The standard InChI is InChI=1S/C17H16N4OS/c1-20-14(22)7-4-11-8-21-17(19)15-13(9-23-16(11)15)10-2-5-12(18)6-3-10/h2-9H,18H2,1H3,(H2,19,21)(H,20,22)/b7-4+. The summed E-state index contributed by atoms with van der Waals surface area (Å²) in [5, 5.41) is 5.50. The number of benzene rings is 1. The number of fused-ring (bicyclic) bond motifs is 1. The number of carbonyl (C=O) groups excluding carboxylic acids is 1. The number of anilines is 2. The zero-order valence-electron chi connectivity index (χ0n) is 12.5. The molecular weight excluding hydrogens is 308 g/mol. The maximum absolute atomic E-state index is 11.4. The molecule has 5 nitrogen and oxygen atoms in total. The summed E-state index contributed by atoms with van der Waals surface area (Å²) in [7, 11) is 1.59. The summed E-state index contributed by atoms with van der Waals surface area (Å²) in [6.07, 6.45) is 4.91. The van der Waals surface area contributed by atoms with Crippen LogP contribution in [0.5, 0.6) is 0 Å². The molecule has 0 saturated carbocycles. The molecule has 1 amide bonds. The van der Waals surface area contributed by atoms with Crippen molar-refractivity contribution in [3.05, 3.63) is 47.5 Å². The average Bonchev–Trinajstić information content (AvgIpc) is 3.00. The number of thiophene rings is 1.